The van der Waals surface area contributed by atoms with E-state index in [0.717, 1.165) is 11.8 Å². The highest BCUT2D eigenvalue weighted by atomic mass is 32.2. The Bertz CT molecular complexity index is 690. The van der Waals surface area contributed by atoms with Crippen LogP contribution in [-0.4, -0.2) is 50.3 Å². The van der Waals surface area contributed by atoms with Crippen LogP contribution >= 0.6 is 11.8 Å². The molecule has 1 fully saturated rings. The van der Waals surface area contributed by atoms with E-state index in [-0.39, 0.29) is 29.9 Å². The largest absolute Gasteiger partial charge is 0.521 e. The molecule has 7 heteroatoms. The summed E-state index contributed by atoms with van der Waals surface area (Å²) in [7, 11) is 0. The number of nitrogens with zero attached hydrogens (tertiary/aromatic N) is 1. The van der Waals surface area contributed by atoms with Gasteiger partial charge in [-0.1, -0.05) is 42.1 Å². The van der Waals surface area contributed by atoms with Crippen LogP contribution in [0.15, 0.2) is 30.3 Å². The van der Waals surface area contributed by atoms with E-state index in [2.05, 4.69) is 0 Å². The van der Waals surface area contributed by atoms with Gasteiger partial charge in [-0.3, -0.25) is 9.59 Å². The van der Waals surface area contributed by atoms with Gasteiger partial charge < -0.3 is 5.11 Å². The van der Waals surface area contributed by atoms with Crippen molar-refractivity contribution in [1.29, 1.82) is 0 Å². The Kier molecular flexibility index (Phi) is 6.13. The Morgan fingerprint density at radius 3 is 2.36 bits per heavy atom. The third-order valence-corrected chi connectivity index (χ3v) is 5.69. The highest BCUT2D eigenvalue weighted by Gasteiger charge is 2.53. The number of quaternary nitrogens is 1. The minimum atomic E-state index is -1.19. The second-order valence-electron chi connectivity index (χ2n) is 6.29. The molecule has 1 saturated heterocycles. The molecule has 0 bridgehead atoms. The van der Waals surface area contributed by atoms with Gasteiger partial charge in [-0.15, -0.1) is 0 Å². The van der Waals surface area contributed by atoms with Gasteiger partial charge in [0.1, 0.15) is 6.04 Å². The molecule has 1 aromatic rings. The lowest BCUT2D eigenvalue weighted by molar-refractivity contribution is -0.792. The van der Waals surface area contributed by atoms with Crippen molar-refractivity contribution in [1.82, 2.24) is 0 Å². The first-order chi connectivity index (χ1) is 11.8. The number of ketones is 1. The van der Waals surface area contributed by atoms with E-state index in [1.807, 2.05) is 0 Å². The summed E-state index contributed by atoms with van der Waals surface area (Å²) < 4.78 is -0.656. The number of carbonyl (C=O) groups is 4. The fraction of sp³-hybridized carbons (Fsp3) is 0.444. The van der Waals surface area contributed by atoms with Crippen LogP contribution in [0.1, 0.15) is 43.5 Å². The minimum absolute atomic E-state index is 0.228. The van der Waals surface area contributed by atoms with E-state index in [1.165, 1.54) is 6.92 Å². The molecule has 2 unspecified atom stereocenters. The Hall–Kier alpha value is -1.99. The van der Waals surface area contributed by atoms with Gasteiger partial charge in [-0.05, 0) is 6.92 Å². The van der Waals surface area contributed by atoms with Gasteiger partial charge in [0.25, 0.3) is 0 Å². The van der Waals surface area contributed by atoms with E-state index in [0.29, 0.717) is 18.4 Å². The smallest absolute Gasteiger partial charge is 0.435 e. The quantitative estimate of drug-likeness (QED) is 0.638. The third kappa shape index (κ3) is 3.99. The third-order valence-electron chi connectivity index (χ3n) is 4.69. The fourth-order valence-corrected chi connectivity index (χ4v) is 4.21. The van der Waals surface area contributed by atoms with Crippen molar-refractivity contribution in [3.63, 3.8) is 0 Å². The van der Waals surface area contributed by atoms with Crippen LogP contribution < -0.4 is 0 Å². The van der Waals surface area contributed by atoms with Gasteiger partial charge in [0.15, 0.2) is 10.9 Å². The highest BCUT2D eigenvalue weighted by Crippen LogP contribution is 2.31. The predicted octanol–water partition coefficient (Wildman–Crippen LogP) is 3.11. The number of imide groups is 1. The molecular formula is C18H22NO5S+. The normalized spacial score (nSPS) is 23.8. The lowest BCUT2D eigenvalue weighted by Gasteiger charge is -2.30. The van der Waals surface area contributed by atoms with Crippen LogP contribution in [0, 0.1) is 0 Å². The first-order valence-electron chi connectivity index (χ1n) is 8.20. The predicted molar refractivity (Wildman–Crippen MR) is 94.3 cm³/mol. The molecule has 2 amide bonds. The van der Waals surface area contributed by atoms with Crippen molar-refractivity contribution >= 4 is 34.7 Å². The van der Waals surface area contributed by atoms with Gasteiger partial charge in [0.05, 0.1) is 18.2 Å². The van der Waals surface area contributed by atoms with Crippen molar-refractivity contribution in [2.75, 3.05) is 6.54 Å². The Labute approximate surface area is 150 Å². The Balaban J connectivity index is 2.27. The van der Waals surface area contributed by atoms with E-state index >= 15 is 0 Å². The molecule has 1 aromatic carbocycles. The van der Waals surface area contributed by atoms with Crippen LogP contribution in [0.2, 0.25) is 0 Å². The monoisotopic (exact) mass is 364 g/mol. The van der Waals surface area contributed by atoms with E-state index in [4.69, 9.17) is 0 Å². The summed E-state index contributed by atoms with van der Waals surface area (Å²) in [5, 5.41) is 8.46. The van der Waals surface area contributed by atoms with Crippen LogP contribution in [0.5, 0.6) is 0 Å². The lowest BCUT2D eigenvalue weighted by atomic mass is 10.0. The van der Waals surface area contributed by atoms with Crippen molar-refractivity contribution in [2.24, 2.45) is 0 Å². The molecule has 1 N–H and O–H groups in total. The van der Waals surface area contributed by atoms with E-state index in [1.54, 1.807) is 37.3 Å². The summed E-state index contributed by atoms with van der Waals surface area (Å²) in [4.78, 5) is 48.9. The molecule has 0 radical (unpaired) electrons. The first-order valence-corrected chi connectivity index (χ1v) is 9.08. The summed E-state index contributed by atoms with van der Waals surface area (Å²) in [6.07, 6.45) is -0.158. The molecule has 1 heterocycles. The van der Waals surface area contributed by atoms with E-state index < -0.39 is 21.7 Å². The van der Waals surface area contributed by atoms with Gasteiger partial charge >= 0.3 is 12.0 Å². The maximum atomic E-state index is 12.9. The summed E-state index contributed by atoms with van der Waals surface area (Å²) >= 11 is 0.789. The van der Waals surface area contributed by atoms with Crippen LogP contribution in [-0.2, 0) is 9.59 Å². The number of hydrogen-bond acceptors (Lipinski definition) is 5. The Morgan fingerprint density at radius 1 is 1.24 bits per heavy atom. The molecule has 6 nitrogen and oxygen atoms in total. The maximum absolute atomic E-state index is 12.9. The number of carboxylic acid groups (broad SMARTS) is 1. The molecule has 0 aromatic heterocycles. The average Bonchev–Trinajstić information content (AvgIpc) is 2.96. The van der Waals surface area contributed by atoms with Crippen LogP contribution in [0.25, 0.3) is 0 Å². The molecule has 3 atom stereocenters. The van der Waals surface area contributed by atoms with Gasteiger partial charge in [-0.2, -0.15) is 9.28 Å². The minimum Gasteiger partial charge on any atom is -0.435 e. The number of likely N-dealkylation sites (tertiary alicyclic amines) is 1. The molecule has 0 aliphatic carbocycles. The number of hydrogen-bond donors (Lipinski definition) is 1. The topological polar surface area (TPSA) is 88.5 Å². The van der Waals surface area contributed by atoms with Crippen molar-refractivity contribution in [2.45, 2.75) is 44.4 Å². The van der Waals surface area contributed by atoms with E-state index in [9.17, 15) is 24.3 Å². The van der Waals surface area contributed by atoms with Crippen LogP contribution in [0.4, 0.5) is 4.79 Å². The number of benzene rings is 1. The zero-order valence-electron chi connectivity index (χ0n) is 14.3. The number of rotatable bonds is 5. The molecule has 134 valence electrons. The highest BCUT2D eigenvalue weighted by molar-refractivity contribution is 8.14. The molecule has 1 aliphatic heterocycles. The van der Waals surface area contributed by atoms with Crippen molar-refractivity contribution in [3.05, 3.63) is 35.9 Å². The summed E-state index contributed by atoms with van der Waals surface area (Å²) in [5.41, 5.74) is 0.408. The van der Waals surface area contributed by atoms with Gasteiger partial charge in [0, 0.05) is 25.3 Å². The number of amides is 2. The van der Waals surface area contributed by atoms with Crippen molar-refractivity contribution < 1.29 is 28.8 Å². The second-order valence-corrected chi connectivity index (χ2v) is 7.67. The number of Topliss-reactive ketones (excluding diaryl/α,β-unsaturated/α-hetero) is 1. The zero-order chi connectivity index (χ0) is 18.6. The average molecular weight is 364 g/mol. The lowest BCUT2D eigenvalue weighted by Crippen LogP contribution is -2.59. The van der Waals surface area contributed by atoms with Gasteiger partial charge in [-0.25, -0.2) is 4.79 Å². The van der Waals surface area contributed by atoms with Gasteiger partial charge in [0.2, 0.25) is 0 Å². The SMILES string of the molecule is CC(=O)SC(CC(=O)[N+]1(C(=O)O)CCC[C@H]1C)C(=O)c1ccccc1. The van der Waals surface area contributed by atoms with Crippen molar-refractivity contribution in [3.8, 4) is 0 Å². The first kappa shape index (κ1) is 19.3. The number of carbonyl (C=O) groups excluding carboxylic acids is 3. The molecule has 2 rings (SSSR count). The summed E-state index contributed by atoms with van der Waals surface area (Å²) in [6.45, 7) is 3.30. The standard InChI is InChI=1S/C18H21NO5S/c1-12-7-6-10-19(12,18(23)24)16(21)11-15(25-13(2)20)17(22)14-8-4-3-5-9-14/h3-5,8-9,12,15H,6-7,10-11H2,1-2H3/p+1/t12-,15?,19?/m1/s1. The molecule has 25 heavy (non-hydrogen) atoms. The molecule has 0 saturated carbocycles. The maximum Gasteiger partial charge on any atom is 0.521 e. The molecule has 1 aliphatic rings. The number of thioether (sulfide) groups is 1. The summed E-state index contributed by atoms with van der Waals surface area (Å²) in [5.74, 6) is -0.843. The zero-order valence-corrected chi connectivity index (χ0v) is 15.1. The molecular weight excluding hydrogens is 342 g/mol. The van der Waals surface area contributed by atoms with Crippen LogP contribution in [0.3, 0.4) is 0 Å². The Morgan fingerprint density at radius 2 is 1.88 bits per heavy atom. The second kappa shape index (κ2) is 7.93. The fourth-order valence-electron chi connectivity index (χ4n) is 3.34. The molecule has 0 spiro atoms. The summed E-state index contributed by atoms with van der Waals surface area (Å²) in [6, 6.07) is 8.10.